The third-order valence-corrected chi connectivity index (χ3v) is 3.04. The lowest BCUT2D eigenvalue weighted by Crippen LogP contribution is -2.25. The number of methoxy groups -OCH3 is 1. The number of aromatic nitrogens is 1. The molecule has 1 heterocycles. The highest BCUT2D eigenvalue weighted by Gasteiger charge is 2.10. The summed E-state index contributed by atoms with van der Waals surface area (Å²) in [5, 5.41) is 0.364. The van der Waals surface area contributed by atoms with Crippen molar-refractivity contribution in [1.82, 2.24) is 4.57 Å². The van der Waals surface area contributed by atoms with Crippen LogP contribution in [0.3, 0.4) is 0 Å². The van der Waals surface area contributed by atoms with Gasteiger partial charge in [0.1, 0.15) is 5.75 Å². The molecule has 0 spiro atoms. The second-order valence-corrected chi connectivity index (χ2v) is 4.87. The van der Waals surface area contributed by atoms with E-state index in [1.165, 1.54) is 11.7 Å². The Morgan fingerprint density at radius 3 is 2.68 bits per heavy atom. The van der Waals surface area contributed by atoms with Crippen LogP contribution < -0.4 is 16.1 Å². The highest BCUT2D eigenvalue weighted by atomic mass is 16.5. The summed E-state index contributed by atoms with van der Waals surface area (Å²) in [6.07, 6.45) is 0.842. The van der Waals surface area contributed by atoms with Crippen LogP contribution in [0.25, 0.3) is 10.9 Å². The zero-order chi connectivity index (χ0) is 14.0. The number of benzene rings is 1. The van der Waals surface area contributed by atoms with Crippen molar-refractivity contribution in [3.05, 3.63) is 39.2 Å². The van der Waals surface area contributed by atoms with Crippen molar-refractivity contribution in [2.45, 2.75) is 26.8 Å². The fourth-order valence-corrected chi connectivity index (χ4v) is 1.93. The molecule has 1 aromatic carbocycles. The summed E-state index contributed by atoms with van der Waals surface area (Å²) in [5.74, 6) is 0.421. The van der Waals surface area contributed by atoms with Gasteiger partial charge in [0.15, 0.2) is 0 Å². The average molecular weight is 263 g/mol. The van der Waals surface area contributed by atoms with Crippen molar-refractivity contribution in [3.63, 3.8) is 0 Å². The van der Waals surface area contributed by atoms with E-state index >= 15 is 0 Å². The normalized spacial score (nSPS) is 11.2. The lowest BCUT2D eigenvalue weighted by molar-refractivity contribution is 0.397. The van der Waals surface area contributed by atoms with Gasteiger partial charge >= 0.3 is 11.4 Å². The molecule has 0 unspecified atom stereocenters. The van der Waals surface area contributed by atoms with Crippen LogP contribution in [0.5, 0.6) is 5.75 Å². The molecule has 5 nitrogen and oxygen atoms in total. The summed E-state index contributed by atoms with van der Waals surface area (Å²) < 4.78 is 11.3. The number of hydrogen-bond donors (Lipinski definition) is 0. The maximum Gasteiger partial charge on any atom is 0.422 e. The molecule has 2 aromatic rings. The second kappa shape index (κ2) is 5.30. The Morgan fingerprint density at radius 2 is 2.05 bits per heavy atom. The minimum Gasteiger partial charge on any atom is -0.497 e. The van der Waals surface area contributed by atoms with Crippen LogP contribution in [0, 0.1) is 5.92 Å². The van der Waals surface area contributed by atoms with E-state index in [2.05, 4.69) is 13.8 Å². The van der Waals surface area contributed by atoms with E-state index in [1.54, 1.807) is 18.2 Å². The maximum atomic E-state index is 11.8. The van der Waals surface area contributed by atoms with Gasteiger partial charge in [0, 0.05) is 6.54 Å². The van der Waals surface area contributed by atoms with Crippen LogP contribution in [0.4, 0.5) is 0 Å². The summed E-state index contributed by atoms with van der Waals surface area (Å²) in [5.41, 5.74) is -0.0394. The summed E-state index contributed by atoms with van der Waals surface area (Å²) in [6.45, 7) is 4.69. The molecule has 0 aliphatic carbocycles. The minimum atomic E-state index is -0.625. The number of hydrogen-bond acceptors (Lipinski definition) is 4. The van der Waals surface area contributed by atoms with Gasteiger partial charge < -0.3 is 9.15 Å². The Balaban J connectivity index is 2.63. The smallest absolute Gasteiger partial charge is 0.422 e. The van der Waals surface area contributed by atoms with Crippen molar-refractivity contribution in [2.24, 2.45) is 5.92 Å². The van der Waals surface area contributed by atoms with Crippen molar-refractivity contribution < 1.29 is 9.15 Å². The molecule has 0 N–H and O–H groups in total. The summed E-state index contributed by atoms with van der Waals surface area (Å²) >= 11 is 0. The first kappa shape index (κ1) is 13.4. The van der Waals surface area contributed by atoms with Crippen molar-refractivity contribution in [2.75, 3.05) is 7.11 Å². The Bertz CT molecular complexity index is 697. The molecule has 0 radical (unpaired) electrons. The molecule has 0 atom stereocenters. The van der Waals surface area contributed by atoms with Crippen LogP contribution in [0.15, 0.2) is 32.2 Å². The van der Waals surface area contributed by atoms with Gasteiger partial charge in [-0.3, -0.25) is 4.57 Å². The largest absolute Gasteiger partial charge is 0.497 e. The predicted octanol–water partition coefficient (Wildman–Crippen LogP) is 2.01. The number of rotatable bonds is 4. The molecule has 5 heteroatoms. The van der Waals surface area contributed by atoms with Gasteiger partial charge in [-0.15, -0.1) is 0 Å². The molecule has 0 saturated heterocycles. The summed E-state index contributed by atoms with van der Waals surface area (Å²) in [6, 6.07) is 5.03. The zero-order valence-electron chi connectivity index (χ0n) is 11.3. The minimum absolute atomic E-state index is 0.364. The number of aryl methyl sites for hydroxylation is 1. The van der Waals surface area contributed by atoms with Crippen LogP contribution in [0.2, 0.25) is 0 Å². The molecular weight excluding hydrogens is 246 g/mol. The first-order chi connectivity index (χ1) is 9.02. The van der Waals surface area contributed by atoms with Crippen molar-refractivity contribution in [3.8, 4) is 5.75 Å². The van der Waals surface area contributed by atoms with Gasteiger partial charge in [-0.2, -0.15) is 0 Å². The maximum absolute atomic E-state index is 11.8. The quantitative estimate of drug-likeness (QED) is 0.846. The van der Waals surface area contributed by atoms with E-state index < -0.39 is 11.4 Å². The molecule has 102 valence electrons. The average Bonchev–Trinajstić information content (AvgIpc) is 2.37. The zero-order valence-corrected chi connectivity index (χ0v) is 11.3. The Hall–Kier alpha value is -2.04. The Kier molecular flexibility index (Phi) is 3.74. The van der Waals surface area contributed by atoms with E-state index in [9.17, 15) is 9.59 Å². The molecule has 0 saturated carbocycles. The lowest BCUT2D eigenvalue weighted by Gasteiger charge is -2.10. The van der Waals surface area contributed by atoms with Gasteiger partial charge in [0.25, 0.3) is 0 Å². The Morgan fingerprint density at radius 1 is 1.32 bits per heavy atom. The van der Waals surface area contributed by atoms with Crippen LogP contribution in [-0.4, -0.2) is 11.7 Å². The molecule has 0 bridgehead atoms. The van der Waals surface area contributed by atoms with Crippen molar-refractivity contribution >= 4 is 10.9 Å². The van der Waals surface area contributed by atoms with Gasteiger partial charge in [-0.1, -0.05) is 13.8 Å². The number of ether oxygens (including phenoxy) is 1. The molecule has 2 rings (SSSR count). The van der Waals surface area contributed by atoms with E-state index in [0.717, 1.165) is 6.42 Å². The predicted molar refractivity (Wildman–Crippen MR) is 72.8 cm³/mol. The molecular formula is C14H17NO4. The number of nitrogens with zero attached hydrogens (tertiary/aromatic N) is 1. The van der Waals surface area contributed by atoms with Crippen molar-refractivity contribution in [1.29, 1.82) is 0 Å². The van der Waals surface area contributed by atoms with Gasteiger partial charge in [-0.05, 0) is 30.5 Å². The van der Waals surface area contributed by atoms with Crippen LogP contribution in [0.1, 0.15) is 20.3 Å². The summed E-state index contributed by atoms with van der Waals surface area (Å²) in [4.78, 5) is 23.5. The highest BCUT2D eigenvalue weighted by Crippen LogP contribution is 2.17. The van der Waals surface area contributed by atoms with E-state index in [4.69, 9.17) is 9.15 Å². The fraction of sp³-hybridized carbons (Fsp3) is 0.429. The van der Waals surface area contributed by atoms with Crippen LogP contribution in [-0.2, 0) is 6.54 Å². The molecule has 0 aliphatic heterocycles. The highest BCUT2D eigenvalue weighted by molar-refractivity contribution is 5.79. The third kappa shape index (κ3) is 2.70. The standard InChI is InChI=1S/C14H17NO4/c1-9(2)6-7-15-12-5-4-10(18-3)8-11(12)13(16)19-14(15)17/h4-5,8-9H,6-7H2,1-3H3. The van der Waals surface area contributed by atoms with E-state index in [1.807, 2.05) is 0 Å². The molecule has 19 heavy (non-hydrogen) atoms. The monoisotopic (exact) mass is 263 g/mol. The molecule has 0 fully saturated rings. The number of fused-ring (bicyclic) bond motifs is 1. The van der Waals surface area contributed by atoms with Gasteiger partial charge in [0.2, 0.25) is 0 Å². The fourth-order valence-electron chi connectivity index (χ4n) is 1.93. The SMILES string of the molecule is COc1ccc2c(c1)c(=O)oc(=O)n2CCC(C)C. The van der Waals surface area contributed by atoms with E-state index in [-0.39, 0.29) is 0 Å². The molecule has 0 aliphatic rings. The van der Waals surface area contributed by atoms with Gasteiger partial charge in [-0.25, -0.2) is 9.59 Å². The first-order valence-corrected chi connectivity index (χ1v) is 6.24. The second-order valence-electron chi connectivity index (χ2n) is 4.87. The molecule has 0 amide bonds. The first-order valence-electron chi connectivity index (χ1n) is 6.24. The third-order valence-electron chi connectivity index (χ3n) is 3.04. The summed E-state index contributed by atoms with van der Waals surface area (Å²) in [7, 11) is 1.53. The van der Waals surface area contributed by atoms with Crippen LogP contribution >= 0.6 is 0 Å². The molecule has 1 aromatic heterocycles. The van der Waals surface area contributed by atoms with E-state index in [0.29, 0.717) is 29.1 Å². The lowest BCUT2D eigenvalue weighted by atomic mass is 10.1. The Labute approximate surface area is 110 Å². The van der Waals surface area contributed by atoms with Gasteiger partial charge in [0.05, 0.1) is 18.0 Å². The topological polar surface area (TPSA) is 61.4 Å².